The Labute approximate surface area is 220 Å². The first-order valence-electron chi connectivity index (χ1n) is 12.4. The van der Waals surface area contributed by atoms with Crippen LogP contribution in [0.15, 0.2) is 93.8 Å². The number of furan rings is 1. The second-order valence-corrected chi connectivity index (χ2v) is 10.1. The molecule has 188 valence electrons. The highest BCUT2D eigenvalue weighted by molar-refractivity contribution is 7.99. The number of thioether (sulfide) groups is 1. The summed E-state index contributed by atoms with van der Waals surface area (Å²) in [6, 6.07) is 28.2. The molecular formula is C31H29NO4S. The molecule has 0 aliphatic rings. The molecule has 3 aromatic carbocycles. The topological polar surface area (TPSA) is 65.5 Å². The Kier molecular flexibility index (Phi) is 7.76. The lowest BCUT2D eigenvalue weighted by Crippen LogP contribution is -2.23. The molecule has 0 amide bonds. The van der Waals surface area contributed by atoms with Crippen molar-refractivity contribution in [3.63, 3.8) is 0 Å². The number of fused-ring (bicyclic) bond motifs is 1. The van der Waals surface area contributed by atoms with Crippen LogP contribution >= 0.6 is 11.8 Å². The number of ether oxygens (including phenoxy) is 1. The number of carbonyl (C=O) groups is 1. The van der Waals surface area contributed by atoms with E-state index in [2.05, 4.69) is 18.2 Å². The third-order valence-corrected chi connectivity index (χ3v) is 7.41. The highest BCUT2D eigenvalue weighted by Crippen LogP contribution is 2.28. The zero-order chi connectivity index (χ0) is 25.6. The molecule has 0 N–H and O–H groups in total. The first-order valence-corrected chi connectivity index (χ1v) is 13.5. The second-order valence-electron chi connectivity index (χ2n) is 8.89. The molecular weight excluding hydrogens is 482 g/mol. The Morgan fingerprint density at radius 2 is 1.70 bits per heavy atom. The van der Waals surface area contributed by atoms with Gasteiger partial charge in [-0.2, -0.15) is 0 Å². The quantitative estimate of drug-likeness (QED) is 0.182. The third kappa shape index (κ3) is 6.15. The number of aryl methyl sites for hydroxylation is 1. The lowest BCUT2D eigenvalue weighted by molar-refractivity contribution is -0.142. The highest BCUT2D eigenvalue weighted by atomic mass is 32.2. The van der Waals surface area contributed by atoms with Crippen molar-refractivity contribution in [2.75, 3.05) is 6.61 Å². The molecule has 0 saturated carbocycles. The minimum absolute atomic E-state index is 0.174. The third-order valence-electron chi connectivity index (χ3n) is 6.15. The van der Waals surface area contributed by atoms with E-state index in [4.69, 9.17) is 18.6 Å². The van der Waals surface area contributed by atoms with Crippen LogP contribution in [0, 0.1) is 6.92 Å². The normalized spacial score (nSPS) is 12.1. The number of oxazole rings is 1. The van der Waals surface area contributed by atoms with E-state index in [1.165, 1.54) is 5.56 Å². The lowest BCUT2D eigenvalue weighted by atomic mass is 10.1. The maximum Gasteiger partial charge on any atom is 0.319 e. The number of aromatic nitrogens is 1. The predicted octanol–water partition coefficient (Wildman–Crippen LogP) is 7.39. The van der Waals surface area contributed by atoms with Crippen LogP contribution in [-0.4, -0.2) is 22.8 Å². The van der Waals surface area contributed by atoms with Gasteiger partial charge < -0.3 is 13.6 Å². The van der Waals surface area contributed by atoms with E-state index in [0.717, 1.165) is 45.1 Å². The summed E-state index contributed by atoms with van der Waals surface area (Å²) >= 11 is 1.62. The molecule has 5 rings (SSSR count). The van der Waals surface area contributed by atoms with Crippen molar-refractivity contribution >= 4 is 28.7 Å². The maximum atomic E-state index is 12.7. The Morgan fingerprint density at radius 1 is 0.946 bits per heavy atom. The molecule has 0 aliphatic heterocycles. The number of rotatable bonds is 10. The van der Waals surface area contributed by atoms with Gasteiger partial charge in [0.25, 0.3) is 0 Å². The summed E-state index contributed by atoms with van der Waals surface area (Å²) < 4.78 is 17.4. The number of hydrogen-bond acceptors (Lipinski definition) is 6. The molecule has 5 nitrogen and oxygen atoms in total. The highest BCUT2D eigenvalue weighted by Gasteiger charge is 2.22. The number of carbonyl (C=O) groups excluding carboxylic acids is 1. The van der Waals surface area contributed by atoms with Gasteiger partial charge in [0.15, 0.2) is 0 Å². The minimum Gasteiger partial charge on any atom is -0.465 e. The van der Waals surface area contributed by atoms with E-state index in [0.29, 0.717) is 25.3 Å². The van der Waals surface area contributed by atoms with E-state index in [9.17, 15) is 4.79 Å². The van der Waals surface area contributed by atoms with Gasteiger partial charge in [0.05, 0.1) is 18.7 Å². The van der Waals surface area contributed by atoms with Crippen LogP contribution in [0.4, 0.5) is 0 Å². The van der Waals surface area contributed by atoms with Gasteiger partial charge in [0.2, 0.25) is 5.89 Å². The van der Waals surface area contributed by atoms with Crippen molar-refractivity contribution in [1.82, 2.24) is 4.98 Å². The second kappa shape index (κ2) is 11.5. The Morgan fingerprint density at radius 3 is 2.46 bits per heavy atom. The van der Waals surface area contributed by atoms with E-state index in [1.807, 2.05) is 80.6 Å². The maximum absolute atomic E-state index is 12.7. The fourth-order valence-corrected chi connectivity index (χ4v) is 5.35. The van der Waals surface area contributed by atoms with Gasteiger partial charge >= 0.3 is 5.97 Å². The molecule has 0 spiro atoms. The summed E-state index contributed by atoms with van der Waals surface area (Å²) in [5.74, 6) is 2.80. The molecule has 5 aromatic rings. The van der Waals surface area contributed by atoms with Crippen molar-refractivity contribution < 1.29 is 18.4 Å². The van der Waals surface area contributed by atoms with Crippen molar-refractivity contribution in [3.05, 3.63) is 113 Å². The summed E-state index contributed by atoms with van der Waals surface area (Å²) in [7, 11) is 0. The SMILES string of the molecule is CCOC(=O)C(Cc1ccc2oc(Cc3nc(-c4ccccc4)oc3C)cc2c1)SCc1ccccc1. The molecule has 0 bridgehead atoms. The van der Waals surface area contributed by atoms with Crippen molar-refractivity contribution in [1.29, 1.82) is 0 Å². The molecule has 0 radical (unpaired) electrons. The molecule has 0 fully saturated rings. The first-order chi connectivity index (χ1) is 18.1. The van der Waals surface area contributed by atoms with Crippen LogP contribution in [0.1, 0.15) is 35.3 Å². The average molecular weight is 512 g/mol. The zero-order valence-electron chi connectivity index (χ0n) is 21.0. The van der Waals surface area contributed by atoms with Crippen LogP contribution in [0.2, 0.25) is 0 Å². The molecule has 0 aliphatic carbocycles. The fourth-order valence-electron chi connectivity index (χ4n) is 4.25. The number of esters is 1. The van der Waals surface area contributed by atoms with E-state index < -0.39 is 0 Å². The largest absolute Gasteiger partial charge is 0.465 e. The summed E-state index contributed by atoms with van der Waals surface area (Å²) in [4.78, 5) is 17.4. The zero-order valence-corrected chi connectivity index (χ0v) is 21.8. The molecule has 2 aromatic heterocycles. The van der Waals surface area contributed by atoms with Gasteiger partial charge in [-0.1, -0.05) is 54.6 Å². The number of hydrogen-bond donors (Lipinski definition) is 0. The van der Waals surface area contributed by atoms with Gasteiger partial charge in [0, 0.05) is 16.7 Å². The van der Waals surface area contributed by atoms with Crippen LogP contribution in [0.3, 0.4) is 0 Å². The summed E-state index contributed by atoms with van der Waals surface area (Å²) in [6.07, 6.45) is 1.14. The Balaban J connectivity index is 1.31. The molecule has 2 heterocycles. The fraction of sp³-hybridized carbons (Fsp3) is 0.226. The Hall–Kier alpha value is -3.77. The smallest absolute Gasteiger partial charge is 0.319 e. The van der Waals surface area contributed by atoms with Gasteiger partial charge in [-0.05, 0) is 61.7 Å². The number of benzene rings is 3. The predicted molar refractivity (Wildman–Crippen MR) is 148 cm³/mol. The van der Waals surface area contributed by atoms with Crippen molar-refractivity contribution in [3.8, 4) is 11.5 Å². The first kappa shape index (κ1) is 24.9. The van der Waals surface area contributed by atoms with Crippen molar-refractivity contribution in [2.45, 2.75) is 37.7 Å². The summed E-state index contributed by atoms with van der Waals surface area (Å²) in [6.45, 7) is 4.15. The van der Waals surface area contributed by atoms with Gasteiger partial charge in [-0.25, -0.2) is 4.98 Å². The van der Waals surface area contributed by atoms with E-state index in [-0.39, 0.29) is 11.2 Å². The molecule has 1 atom stereocenters. The van der Waals surface area contributed by atoms with Gasteiger partial charge in [-0.3, -0.25) is 4.79 Å². The minimum atomic E-state index is -0.279. The summed E-state index contributed by atoms with van der Waals surface area (Å²) in [5, 5.41) is 0.728. The molecule has 6 heteroatoms. The van der Waals surface area contributed by atoms with E-state index in [1.54, 1.807) is 11.8 Å². The molecule has 37 heavy (non-hydrogen) atoms. The average Bonchev–Trinajstić information content (AvgIpc) is 3.50. The van der Waals surface area contributed by atoms with Crippen LogP contribution < -0.4 is 0 Å². The summed E-state index contributed by atoms with van der Waals surface area (Å²) in [5.41, 5.74) is 4.88. The van der Waals surface area contributed by atoms with Gasteiger partial charge in [0.1, 0.15) is 22.4 Å². The van der Waals surface area contributed by atoms with Gasteiger partial charge in [-0.15, -0.1) is 11.8 Å². The molecule has 0 saturated heterocycles. The van der Waals surface area contributed by atoms with E-state index >= 15 is 0 Å². The lowest BCUT2D eigenvalue weighted by Gasteiger charge is -2.15. The standard InChI is InChI=1S/C31H29NO4S/c1-3-34-31(33)29(37-20-22-10-6-4-7-11-22)17-23-14-15-28-25(16-23)18-26(36-28)19-27-21(2)35-30(32-27)24-12-8-5-9-13-24/h4-16,18,29H,3,17,19-20H2,1-2H3. The Bertz CT molecular complexity index is 1470. The van der Waals surface area contributed by atoms with Crippen LogP contribution in [-0.2, 0) is 28.1 Å². The monoisotopic (exact) mass is 511 g/mol. The molecule has 1 unspecified atom stereocenters. The number of nitrogens with zero attached hydrogens (tertiary/aromatic N) is 1. The van der Waals surface area contributed by atoms with Crippen LogP contribution in [0.5, 0.6) is 0 Å². The van der Waals surface area contributed by atoms with Crippen LogP contribution in [0.25, 0.3) is 22.4 Å². The van der Waals surface area contributed by atoms with Crippen molar-refractivity contribution in [2.24, 2.45) is 0 Å².